The number of aromatic nitrogens is 1. The highest BCUT2D eigenvalue weighted by molar-refractivity contribution is 8.93. The Bertz CT molecular complexity index is 1170. The number of pyridine rings is 1. The Morgan fingerprint density at radius 2 is 1.84 bits per heavy atom. The fraction of sp³-hybridized carbons (Fsp3) is 0.517. The Labute approximate surface area is 236 Å². The number of carbonyl (C=O) groups is 2. The molecule has 1 aliphatic heterocycles. The van der Waals surface area contributed by atoms with Crippen LogP contribution in [0.15, 0.2) is 24.3 Å². The van der Waals surface area contributed by atoms with Gasteiger partial charge >= 0.3 is 5.97 Å². The Morgan fingerprint density at radius 3 is 2.45 bits per heavy atom. The van der Waals surface area contributed by atoms with Gasteiger partial charge in [-0.3, -0.25) is 15.0 Å². The zero-order valence-electron chi connectivity index (χ0n) is 23.4. The first-order valence-corrected chi connectivity index (χ1v) is 13.1. The number of hydrogen-bond donors (Lipinski definition) is 2. The van der Waals surface area contributed by atoms with Crippen molar-refractivity contribution in [2.75, 3.05) is 31.1 Å². The lowest BCUT2D eigenvalue weighted by atomic mass is 9.84. The van der Waals surface area contributed by atoms with Crippen LogP contribution in [0.5, 0.6) is 5.75 Å². The van der Waals surface area contributed by atoms with Gasteiger partial charge in [0.1, 0.15) is 17.3 Å². The van der Waals surface area contributed by atoms with Crippen LogP contribution in [0.25, 0.3) is 0 Å². The summed E-state index contributed by atoms with van der Waals surface area (Å²) in [6.07, 6.45) is 1.31. The second-order valence-electron chi connectivity index (χ2n) is 10.6. The summed E-state index contributed by atoms with van der Waals surface area (Å²) in [6, 6.07) is 7.75. The van der Waals surface area contributed by atoms with Crippen LogP contribution in [-0.4, -0.2) is 58.8 Å². The Balaban J connectivity index is 0.00000507. The fourth-order valence-electron chi connectivity index (χ4n) is 4.59. The summed E-state index contributed by atoms with van der Waals surface area (Å²) < 4.78 is 6.30. The van der Waals surface area contributed by atoms with Crippen LogP contribution in [-0.2, 0) is 16.8 Å². The summed E-state index contributed by atoms with van der Waals surface area (Å²) in [4.78, 5) is 32.9. The molecule has 0 unspecified atom stereocenters. The molecule has 1 aromatic carbocycles. The third-order valence-electron chi connectivity index (χ3n) is 6.69. The number of nitrogens with one attached hydrogen (secondary N) is 1. The van der Waals surface area contributed by atoms with E-state index >= 15 is 0 Å². The molecule has 0 bridgehead atoms. The van der Waals surface area contributed by atoms with Gasteiger partial charge in [0.25, 0.3) is 0 Å². The van der Waals surface area contributed by atoms with E-state index in [1.807, 2.05) is 31.2 Å². The van der Waals surface area contributed by atoms with Crippen LogP contribution in [0.3, 0.4) is 0 Å². The number of halogens is 1. The van der Waals surface area contributed by atoms with E-state index < -0.39 is 5.97 Å². The molecule has 1 aromatic heterocycles. The number of aliphatic carboxylic acids is 1. The van der Waals surface area contributed by atoms with Gasteiger partial charge < -0.3 is 19.6 Å². The molecule has 2 N–H and O–H groups in total. The predicted octanol–water partition coefficient (Wildman–Crippen LogP) is 5.77. The van der Waals surface area contributed by atoms with Crippen LogP contribution in [0.1, 0.15) is 86.8 Å². The number of Topliss-reactive ketones (excluding diaryl/α,β-unsaturated/α-hetero) is 1. The first kappa shape index (κ1) is 31.3. The van der Waals surface area contributed by atoms with E-state index in [9.17, 15) is 9.59 Å². The minimum Gasteiger partial charge on any atom is -0.491 e. The summed E-state index contributed by atoms with van der Waals surface area (Å²) in [5.74, 6) is 0.181. The molecule has 0 aliphatic carbocycles. The standard InChI is InChI=1S/C29H40N4O4.BrH/c1-7-32(8-2)23-16-21(15-22(29(4,5)6)27(23)37-14-10-9-11-25(35)36)24(34)18-33-17-20-13-12-19(3)31-26(20)28(33)30;/h12-13,15-16,30H,7-11,14,17-18H2,1-6H3,(H,35,36);1H. The second kappa shape index (κ2) is 13.2. The van der Waals surface area contributed by atoms with Gasteiger partial charge in [0.15, 0.2) is 5.78 Å². The van der Waals surface area contributed by atoms with Crippen LogP contribution in [0.2, 0.25) is 0 Å². The van der Waals surface area contributed by atoms with E-state index in [1.54, 1.807) is 4.90 Å². The van der Waals surface area contributed by atoms with Gasteiger partial charge in [0.05, 0.1) is 18.8 Å². The molecular weight excluding hydrogens is 548 g/mol. The summed E-state index contributed by atoms with van der Waals surface area (Å²) in [7, 11) is 0. The van der Waals surface area contributed by atoms with Crippen molar-refractivity contribution in [3.8, 4) is 5.75 Å². The first-order chi connectivity index (χ1) is 17.5. The van der Waals surface area contributed by atoms with E-state index in [4.69, 9.17) is 15.3 Å². The van der Waals surface area contributed by atoms with Crippen molar-refractivity contribution in [1.29, 1.82) is 5.41 Å². The third kappa shape index (κ3) is 7.34. The maximum Gasteiger partial charge on any atom is 0.303 e. The van der Waals surface area contributed by atoms with Crippen LogP contribution >= 0.6 is 17.0 Å². The number of aryl methyl sites for hydroxylation is 1. The maximum absolute atomic E-state index is 13.6. The highest BCUT2D eigenvalue weighted by Crippen LogP contribution is 2.41. The van der Waals surface area contributed by atoms with Crippen molar-refractivity contribution in [3.05, 3.63) is 52.3 Å². The number of rotatable bonds is 12. The largest absolute Gasteiger partial charge is 0.491 e. The summed E-state index contributed by atoms with van der Waals surface area (Å²) >= 11 is 0. The van der Waals surface area contributed by atoms with E-state index in [2.05, 4.69) is 44.5 Å². The number of hydrogen-bond acceptors (Lipinski definition) is 6. The number of anilines is 1. The molecule has 1 aliphatic rings. The molecule has 0 spiro atoms. The first-order valence-electron chi connectivity index (χ1n) is 13.1. The van der Waals surface area contributed by atoms with Crippen molar-refractivity contribution < 1.29 is 19.4 Å². The van der Waals surface area contributed by atoms with Crippen LogP contribution in [0.4, 0.5) is 5.69 Å². The van der Waals surface area contributed by atoms with Crippen LogP contribution < -0.4 is 9.64 Å². The number of fused-ring (bicyclic) bond motifs is 1. The maximum atomic E-state index is 13.6. The minimum atomic E-state index is -0.804. The molecule has 0 radical (unpaired) electrons. The molecule has 8 nitrogen and oxygen atoms in total. The van der Waals surface area contributed by atoms with Gasteiger partial charge in [0, 0.05) is 48.4 Å². The molecule has 2 aromatic rings. The number of benzene rings is 1. The topological polar surface area (TPSA) is 107 Å². The number of amidine groups is 1. The van der Waals surface area contributed by atoms with Gasteiger partial charge in [-0.05, 0) is 57.2 Å². The van der Waals surface area contributed by atoms with E-state index in [-0.39, 0.29) is 47.0 Å². The molecule has 0 amide bonds. The van der Waals surface area contributed by atoms with E-state index in [0.717, 1.165) is 41.3 Å². The predicted molar refractivity (Wildman–Crippen MR) is 157 cm³/mol. The van der Waals surface area contributed by atoms with Crippen LogP contribution in [0, 0.1) is 12.3 Å². The number of nitrogens with zero attached hydrogens (tertiary/aromatic N) is 3. The van der Waals surface area contributed by atoms with Crippen molar-refractivity contribution in [3.63, 3.8) is 0 Å². The lowest BCUT2D eigenvalue weighted by molar-refractivity contribution is -0.137. The molecule has 208 valence electrons. The molecule has 0 fully saturated rings. The molecule has 9 heteroatoms. The number of carboxylic acids is 1. The van der Waals surface area contributed by atoms with Gasteiger partial charge in [-0.1, -0.05) is 26.8 Å². The van der Waals surface area contributed by atoms with Crippen molar-refractivity contribution >= 4 is 40.3 Å². The normalized spacial score (nSPS) is 12.7. The van der Waals surface area contributed by atoms with Crippen molar-refractivity contribution in [2.24, 2.45) is 0 Å². The van der Waals surface area contributed by atoms with E-state index in [1.165, 1.54) is 0 Å². The monoisotopic (exact) mass is 588 g/mol. The molecule has 0 saturated heterocycles. The quantitative estimate of drug-likeness (QED) is 0.239. The lowest BCUT2D eigenvalue weighted by Crippen LogP contribution is -2.31. The highest BCUT2D eigenvalue weighted by atomic mass is 79.9. The average Bonchev–Trinajstić information content (AvgIpc) is 3.13. The minimum absolute atomic E-state index is 0. The number of unbranched alkanes of at least 4 members (excludes halogenated alkanes) is 1. The van der Waals surface area contributed by atoms with Crippen molar-refractivity contribution in [1.82, 2.24) is 9.88 Å². The Kier molecular flexibility index (Phi) is 10.9. The summed E-state index contributed by atoms with van der Waals surface area (Å²) in [5.41, 5.74) is 4.60. The fourth-order valence-corrected chi connectivity index (χ4v) is 4.59. The Morgan fingerprint density at radius 1 is 1.16 bits per heavy atom. The molecular formula is C29H41BrN4O4. The SMILES string of the molecule is Br.CCN(CC)c1cc(C(=O)CN2Cc3ccc(C)nc3C2=N)cc(C(C)(C)C)c1OCCCCC(=O)O. The lowest BCUT2D eigenvalue weighted by Gasteiger charge is -2.31. The van der Waals surface area contributed by atoms with Gasteiger partial charge in [-0.2, -0.15) is 0 Å². The zero-order chi connectivity index (χ0) is 27.3. The summed E-state index contributed by atoms with van der Waals surface area (Å²) in [5, 5.41) is 17.5. The van der Waals surface area contributed by atoms with Gasteiger partial charge in [-0.25, -0.2) is 4.98 Å². The number of ketones is 1. The van der Waals surface area contributed by atoms with Crippen molar-refractivity contribution in [2.45, 2.75) is 72.8 Å². The third-order valence-corrected chi connectivity index (χ3v) is 6.69. The highest BCUT2D eigenvalue weighted by Gasteiger charge is 2.30. The summed E-state index contributed by atoms with van der Waals surface area (Å²) in [6.45, 7) is 14.9. The molecule has 38 heavy (non-hydrogen) atoms. The molecule has 3 rings (SSSR count). The Hall–Kier alpha value is -2.94. The number of ether oxygens (including phenoxy) is 1. The molecule has 0 atom stereocenters. The van der Waals surface area contributed by atoms with E-state index in [0.29, 0.717) is 37.3 Å². The number of carboxylic acid groups (broad SMARTS) is 1. The second-order valence-corrected chi connectivity index (χ2v) is 10.6. The van der Waals surface area contributed by atoms with Gasteiger partial charge in [-0.15, -0.1) is 17.0 Å². The number of carbonyl (C=O) groups excluding carboxylic acids is 1. The molecule has 0 saturated carbocycles. The molecule has 2 heterocycles. The average molecular weight is 590 g/mol. The smallest absolute Gasteiger partial charge is 0.303 e. The zero-order valence-corrected chi connectivity index (χ0v) is 25.1. The van der Waals surface area contributed by atoms with Gasteiger partial charge in [0.2, 0.25) is 0 Å².